The van der Waals surface area contributed by atoms with Crippen LogP contribution in [0.5, 0.6) is 0 Å². The number of carboxylic acid groups (broad SMARTS) is 1. The molecular formula is C12H11F6NO3. The molecule has 0 heterocycles. The molecule has 124 valence electrons. The monoisotopic (exact) mass is 331 g/mol. The van der Waals surface area contributed by atoms with Gasteiger partial charge in [0, 0.05) is 11.3 Å². The lowest BCUT2D eigenvalue weighted by molar-refractivity contribution is -0.376. The van der Waals surface area contributed by atoms with Crippen LogP contribution in [0.3, 0.4) is 0 Å². The van der Waals surface area contributed by atoms with Crippen molar-refractivity contribution in [1.82, 2.24) is 0 Å². The van der Waals surface area contributed by atoms with Crippen LogP contribution in [0.25, 0.3) is 0 Å². The van der Waals surface area contributed by atoms with Crippen molar-refractivity contribution in [2.75, 3.05) is 5.32 Å². The van der Waals surface area contributed by atoms with Crippen LogP contribution in [0, 0.1) is 13.8 Å². The highest BCUT2D eigenvalue weighted by atomic mass is 19.4. The molecule has 1 aromatic carbocycles. The second kappa shape index (κ2) is 5.34. The second-order valence-electron chi connectivity index (χ2n) is 4.62. The topological polar surface area (TPSA) is 69.6 Å². The first-order chi connectivity index (χ1) is 9.71. The number of aliphatic hydroxyl groups is 1. The van der Waals surface area contributed by atoms with E-state index in [2.05, 4.69) is 0 Å². The van der Waals surface area contributed by atoms with Gasteiger partial charge in [0.25, 0.3) is 5.60 Å². The van der Waals surface area contributed by atoms with Gasteiger partial charge in [0.2, 0.25) is 0 Å². The van der Waals surface area contributed by atoms with Crippen molar-refractivity contribution in [1.29, 1.82) is 0 Å². The van der Waals surface area contributed by atoms with Gasteiger partial charge < -0.3 is 10.2 Å². The summed E-state index contributed by atoms with van der Waals surface area (Å²) in [6.07, 6.45) is -13.5. The summed E-state index contributed by atoms with van der Waals surface area (Å²) in [6, 6.07) is 0.887. The maximum absolute atomic E-state index is 12.8. The van der Waals surface area contributed by atoms with Gasteiger partial charge in [-0.2, -0.15) is 26.3 Å². The minimum absolute atomic E-state index is 0.150. The Bertz CT molecular complexity index is 556. The van der Waals surface area contributed by atoms with Crippen LogP contribution >= 0.6 is 0 Å². The first-order valence-corrected chi connectivity index (χ1v) is 5.69. The summed E-state index contributed by atoms with van der Waals surface area (Å²) in [6.45, 7) is 2.24. The molecule has 0 unspecified atom stereocenters. The Morgan fingerprint density at radius 1 is 1.00 bits per heavy atom. The third-order valence-electron chi connectivity index (χ3n) is 3.00. The molecule has 22 heavy (non-hydrogen) atoms. The molecule has 0 radical (unpaired) electrons. The molecule has 0 saturated carbocycles. The largest absolute Gasteiger partial charge is 0.465 e. The number of amides is 1. The third kappa shape index (κ3) is 2.96. The molecule has 0 atom stereocenters. The van der Waals surface area contributed by atoms with Gasteiger partial charge in [-0.05, 0) is 25.0 Å². The average Bonchev–Trinajstić information content (AvgIpc) is 2.29. The number of hydrogen-bond donors (Lipinski definition) is 3. The van der Waals surface area contributed by atoms with E-state index in [-0.39, 0.29) is 16.8 Å². The van der Waals surface area contributed by atoms with Gasteiger partial charge in [-0.25, -0.2) is 4.79 Å². The van der Waals surface area contributed by atoms with Crippen LogP contribution in [-0.2, 0) is 5.60 Å². The summed E-state index contributed by atoms with van der Waals surface area (Å²) >= 11 is 0. The quantitative estimate of drug-likeness (QED) is 0.724. The number of nitrogens with one attached hydrogen (secondary N) is 1. The highest BCUT2D eigenvalue weighted by molar-refractivity contribution is 5.85. The van der Waals surface area contributed by atoms with Crippen molar-refractivity contribution in [3.05, 3.63) is 28.8 Å². The third-order valence-corrected chi connectivity index (χ3v) is 3.00. The van der Waals surface area contributed by atoms with E-state index in [0.717, 1.165) is 13.8 Å². The Labute approximate surface area is 120 Å². The molecule has 0 saturated heterocycles. The Hall–Kier alpha value is -1.97. The van der Waals surface area contributed by atoms with Gasteiger partial charge in [-0.3, -0.25) is 5.32 Å². The predicted molar refractivity (Wildman–Crippen MR) is 63.6 cm³/mol. The maximum Gasteiger partial charge on any atom is 0.430 e. The second-order valence-corrected chi connectivity index (χ2v) is 4.62. The normalized spacial score (nSPS) is 13.1. The van der Waals surface area contributed by atoms with Crippen LogP contribution in [-0.4, -0.2) is 28.7 Å². The van der Waals surface area contributed by atoms with Gasteiger partial charge >= 0.3 is 18.4 Å². The lowest BCUT2D eigenvalue weighted by Gasteiger charge is -2.33. The van der Waals surface area contributed by atoms with Gasteiger partial charge in [0.1, 0.15) is 0 Å². The zero-order valence-electron chi connectivity index (χ0n) is 11.2. The summed E-state index contributed by atoms with van der Waals surface area (Å²) in [5.74, 6) is 0. The molecular weight excluding hydrogens is 320 g/mol. The highest BCUT2D eigenvalue weighted by Crippen LogP contribution is 2.50. The van der Waals surface area contributed by atoms with Crippen LogP contribution in [0.1, 0.15) is 16.7 Å². The van der Waals surface area contributed by atoms with Gasteiger partial charge in [0.15, 0.2) is 0 Å². The van der Waals surface area contributed by atoms with Crippen molar-refractivity contribution >= 4 is 11.8 Å². The smallest absolute Gasteiger partial charge is 0.430 e. The van der Waals surface area contributed by atoms with Gasteiger partial charge in [-0.15, -0.1) is 0 Å². The van der Waals surface area contributed by atoms with Crippen molar-refractivity contribution in [3.63, 3.8) is 0 Å². The molecule has 0 spiro atoms. The summed E-state index contributed by atoms with van der Waals surface area (Å²) in [5.41, 5.74) is -7.01. The van der Waals surface area contributed by atoms with E-state index in [0.29, 0.717) is 12.1 Å². The molecule has 10 heteroatoms. The van der Waals surface area contributed by atoms with E-state index < -0.39 is 29.6 Å². The Balaban J connectivity index is 3.58. The van der Waals surface area contributed by atoms with Crippen molar-refractivity contribution < 1.29 is 41.4 Å². The first-order valence-electron chi connectivity index (χ1n) is 5.69. The Morgan fingerprint density at radius 2 is 1.36 bits per heavy atom. The molecule has 1 rings (SSSR count). The predicted octanol–water partition coefficient (Wildman–Crippen LogP) is 3.71. The molecule has 0 bridgehead atoms. The number of carbonyl (C=O) groups is 1. The maximum atomic E-state index is 12.8. The molecule has 1 aromatic rings. The number of alkyl halides is 6. The number of halogens is 6. The minimum Gasteiger partial charge on any atom is -0.465 e. The van der Waals surface area contributed by atoms with Crippen LogP contribution in [0.2, 0.25) is 0 Å². The number of anilines is 1. The molecule has 3 N–H and O–H groups in total. The van der Waals surface area contributed by atoms with E-state index in [1.807, 2.05) is 5.32 Å². The molecule has 1 amide bonds. The fourth-order valence-corrected chi connectivity index (χ4v) is 1.96. The molecule has 0 aromatic heterocycles. The lowest BCUT2D eigenvalue weighted by atomic mass is 9.89. The van der Waals surface area contributed by atoms with Crippen molar-refractivity contribution in [2.45, 2.75) is 31.8 Å². The van der Waals surface area contributed by atoms with E-state index >= 15 is 0 Å². The minimum atomic E-state index is -5.99. The number of hydrogen-bond acceptors (Lipinski definition) is 2. The fraction of sp³-hybridized carbons (Fsp3) is 0.417. The molecule has 4 nitrogen and oxygen atoms in total. The van der Waals surface area contributed by atoms with Crippen molar-refractivity contribution in [3.8, 4) is 0 Å². The zero-order valence-corrected chi connectivity index (χ0v) is 11.2. The summed E-state index contributed by atoms with van der Waals surface area (Å²) in [4.78, 5) is 10.6. The summed E-state index contributed by atoms with van der Waals surface area (Å²) in [5, 5.41) is 19.7. The summed E-state index contributed by atoms with van der Waals surface area (Å²) < 4.78 is 76.7. The van der Waals surface area contributed by atoms with E-state index in [1.165, 1.54) is 0 Å². The van der Waals surface area contributed by atoms with E-state index in [1.54, 1.807) is 0 Å². The van der Waals surface area contributed by atoms with E-state index in [9.17, 15) is 36.2 Å². The zero-order chi connectivity index (χ0) is 17.5. The molecule has 0 fully saturated rings. The fourth-order valence-electron chi connectivity index (χ4n) is 1.96. The Morgan fingerprint density at radius 3 is 1.64 bits per heavy atom. The first kappa shape index (κ1) is 18.1. The van der Waals surface area contributed by atoms with Crippen LogP contribution < -0.4 is 5.32 Å². The van der Waals surface area contributed by atoms with Gasteiger partial charge in [0.05, 0.1) is 0 Å². The summed E-state index contributed by atoms with van der Waals surface area (Å²) in [7, 11) is 0. The molecule has 0 aliphatic carbocycles. The molecule has 0 aliphatic rings. The molecule has 0 aliphatic heterocycles. The lowest BCUT2D eigenvalue weighted by Crippen LogP contribution is -2.54. The van der Waals surface area contributed by atoms with Crippen molar-refractivity contribution in [2.24, 2.45) is 0 Å². The van der Waals surface area contributed by atoms with E-state index in [4.69, 9.17) is 5.11 Å². The number of benzene rings is 1. The average molecular weight is 331 g/mol. The van der Waals surface area contributed by atoms with Crippen LogP contribution in [0.15, 0.2) is 12.1 Å². The SMILES string of the molecule is Cc1cc(C(O)(C(F)(F)F)C(F)(F)F)cc(C)c1NC(=O)O. The Kier molecular flexibility index (Phi) is 4.39. The number of aryl methyl sites for hydroxylation is 2. The standard InChI is InChI=1S/C12H11F6NO3/c1-5-3-7(4-6(2)8(5)19-9(20)21)10(22,11(13,14)15)12(16,17)18/h3-4,19,22H,1-2H3,(H,20,21). The van der Waals surface area contributed by atoms with Crippen LogP contribution in [0.4, 0.5) is 36.8 Å². The number of rotatable bonds is 2. The van der Waals surface area contributed by atoms with Gasteiger partial charge in [-0.1, -0.05) is 12.1 Å². The highest BCUT2D eigenvalue weighted by Gasteiger charge is 2.71.